The molecular formula is C10H10O6S. The molecule has 0 atom stereocenters. The molecule has 0 unspecified atom stereocenters. The van der Waals surface area contributed by atoms with Gasteiger partial charge in [0.05, 0.1) is 0 Å². The molecule has 0 saturated carbocycles. The first kappa shape index (κ1) is 11.7. The van der Waals surface area contributed by atoms with Crippen LogP contribution in [0.1, 0.15) is 6.42 Å². The minimum absolute atomic E-state index is 0.162. The highest BCUT2D eigenvalue weighted by atomic mass is 32.1. The fourth-order valence-corrected chi connectivity index (χ4v) is 2.00. The van der Waals surface area contributed by atoms with Gasteiger partial charge >= 0.3 is 11.9 Å². The van der Waals surface area contributed by atoms with Crippen LogP contribution in [0.3, 0.4) is 0 Å². The number of hydrogen-bond donors (Lipinski definition) is 1. The number of esters is 1. The topological polar surface area (TPSA) is 82.1 Å². The third-order valence-corrected chi connectivity index (χ3v) is 2.74. The van der Waals surface area contributed by atoms with Crippen molar-refractivity contribution in [1.82, 2.24) is 0 Å². The largest absolute Gasteiger partial charge is 0.485 e. The van der Waals surface area contributed by atoms with Gasteiger partial charge < -0.3 is 19.3 Å². The fourth-order valence-electron chi connectivity index (χ4n) is 1.32. The summed E-state index contributed by atoms with van der Waals surface area (Å²) in [4.78, 5) is 21.4. The summed E-state index contributed by atoms with van der Waals surface area (Å²) < 4.78 is 15.7. The highest BCUT2D eigenvalue weighted by Gasteiger charge is 2.23. The molecule has 0 amide bonds. The van der Waals surface area contributed by atoms with Crippen LogP contribution >= 0.6 is 11.3 Å². The van der Waals surface area contributed by atoms with E-state index in [-0.39, 0.29) is 13.2 Å². The van der Waals surface area contributed by atoms with Crippen LogP contribution < -0.4 is 9.47 Å². The van der Waals surface area contributed by atoms with Crippen LogP contribution in [0.15, 0.2) is 10.8 Å². The van der Waals surface area contributed by atoms with Crippen molar-refractivity contribution in [2.45, 2.75) is 12.5 Å². The van der Waals surface area contributed by atoms with Gasteiger partial charge in [-0.3, -0.25) is 9.59 Å². The standard InChI is InChI=1S/C10H10O6S/c11-9(12)1-10(13)16-6-2-14-7-4-17-5-8(7)15-3-6/h4-6H,1-3H2,(H,11,12). The number of carbonyl (C=O) groups is 2. The minimum Gasteiger partial charge on any atom is -0.485 e. The predicted octanol–water partition coefficient (Wildman–Crippen LogP) is 0.906. The Morgan fingerprint density at radius 3 is 2.47 bits per heavy atom. The molecule has 0 saturated heterocycles. The van der Waals surface area contributed by atoms with Crippen LogP contribution in [-0.2, 0) is 14.3 Å². The number of rotatable bonds is 3. The molecule has 0 bridgehead atoms. The number of carboxylic acid groups (broad SMARTS) is 1. The van der Waals surface area contributed by atoms with Gasteiger partial charge in [-0.2, -0.15) is 0 Å². The Labute approximate surface area is 101 Å². The Kier molecular flexibility index (Phi) is 3.48. The van der Waals surface area contributed by atoms with Gasteiger partial charge in [0, 0.05) is 10.8 Å². The second-order valence-electron chi connectivity index (χ2n) is 3.40. The third kappa shape index (κ3) is 3.10. The molecule has 0 fully saturated rings. The van der Waals surface area contributed by atoms with E-state index in [0.29, 0.717) is 11.5 Å². The molecule has 92 valence electrons. The zero-order valence-electron chi connectivity index (χ0n) is 8.75. The Morgan fingerprint density at radius 1 is 1.35 bits per heavy atom. The van der Waals surface area contributed by atoms with Crippen molar-refractivity contribution >= 4 is 23.3 Å². The molecule has 1 aliphatic rings. The van der Waals surface area contributed by atoms with E-state index in [2.05, 4.69) is 0 Å². The summed E-state index contributed by atoms with van der Waals surface area (Å²) in [5.41, 5.74) is 0. The van der Waals surface area contributed by atoms with E-state index in [4.69, 9.17) is 19.3 Å². The first-order chi connectivity index (χ1) is 8.15. The van der Waals surface area contributed by atoms with Crippen molar-refractivity contribution in [3.05, 3.63) is 10.8 Å². The zero-order chi connectivity index (χ0) is 12.3. The molecule has 2 heterocycles. The molecule has 0 aliphatic carbocycles. The van der Waals surface area contributed by atoms with Gasteiger partial charge in [0.15, 0.2) is 17.6 Å². The van der Waals surface area contributed by atoms with Gasteiger partial charge in [-0.15, -0.1) is 11.3 Å². The van der Waals surface area contributed by atoms with Crippen LogP contribution in [0.4, 0.5) is 0 Å². The normalized spacial score (nSPS) is 15.1. The molecule has 7 heteroatoms. The Hall–Kier alpha value is -1.76. The lowest BCUT2D eigenvalue weighted by Gasteiger charge is -2.13. The van der Waals surface area contributed by atoms with Crippen LogP contribution in [-0.4, -0.2) is 36.4 Å². The maximum absolute atomic E-state index is 11.1. The lowest BCUT2D eigenvalue weighted by molar-refractivity contribution is -0.157. The lowest BCUT2D eigenvalue weighted by Crippen LogP contribution is -2.30. The van der Waals surface area contributed by atoms with Gasteiger partial charge in [-0.05, 0) is 0 Å². The van der Waals surface area contributed by atoms with Crippen molar-refractivity contribution in [2.75, 3.05) is 13.2 Å². The first-order valence-corrected chi connectivity index (χ1v) is 5.82. The second-order valence-corrected chi connectivity index (χ2v) is 4.15. The van der Waals surface area contributed by atoms with Crippen LogP contribution in [0.2, 0.25) is 0 Å². The van der Waals surface area contributed by atoms with Crippen LogP contribution in [0.25, 0.3) is 0 Å². The van der Waals surface area contributed by atoms with E-state index in [9.17, 15) is 9.59 Å². The smallest absolute Gasteiger partial charge is 0.317 e. The van der Waals surface area contributed by atoms with E-state index < -0.39 is 24.5 Å². The molecule has 0 spiro atoms. The van der Waals surface area contributed by atoms with E-state index in [1.54, 1.807) is 10.8 Å². The second kappa shape index (κ2) is 5.05. The molecule has 6 nitrogen and oxygen atoms in total. The summed E-state index contributed by atoms with van der Waals surface area (Å²) in [7, 11) is 0. The Balaban J connectivity index is 1.87. The number of ether oxygens (including phenoxy) is 3. The van der Waals surface area contributed by atoms with Crippen LogP contribution in [0.5, 0.6) is 11.5 Å². The number of thiophene rings is 1. The molecule has 1 aromatic heterocycles. The van der Waals surface area contributed by atoms with E-state index in [1.165, 1.54) is 11.3 Å². The first-order valence-electron chi connectivity index (χ1n) is 4.88. The van der Waals surface area contributed by atoms with Crippen molar-refractivity contribution in [2.24, 2.45) is 0 Å². The highest BCUT2D eigenvalue weighted by Crippen LogP contribution is 2.33. The summed E-state index contributed by atoms with van der Waals surface area (Å²) in [6.07, 6.45) is -1.24. The number of fused-ring (bicyclic) bond motifs is 1. The molecule has 2 rings (SSSR count). The predicted molar refractivity (Wildman–Crippen MR) is 57.4 cm³/mol. The number of aliphatic carboxylic acids is 1. The van der Waals surface area contributed by atoms with Crippen molar-refractivity contribution in [3.8, 4) is 11.5 Å². The number of carbonyl (C=O) groups excluding carboxylic acids is 1. The monoisotopic (exact) mass is 258 g/mol. The summed E-state index contributed by atoms with van der Waals surface area (Å²) in [6, 6.07) is 0. The van der Waals surface area contributed by atoms with E-state index >= 15 is 0 Å². The highest BCUT2D eigenvalue weighted by molar-refractivity contribution is 7.08. The molecule has 0 aromatic carbocycles. The van der Waals surface area contributed by atoms with Crippen molar-refractivity contribution < 1.29 is 28.9 Å². The summed E-state index contributed by atoms with van der Waals surface area (Å²) in [5.74, 6) is -0.776. The summed E-state index contributed by atoms with van der Waals surface area (Å²) >= 11 is 1.45. The Bertz CT molecular complexity index is 404. The van der Waals surface area contributed by atoms with Gasteiger partial charge in [0.25, 0.3) is 0 Å². The number of carboxylic acids is 1. The number of hydrogen-bond acceptors (Lipinski definition) is 6. The quantitative estimate of drug-likeness (QED) is 0.641. The average Bonchev–Trinajstić information content (AvgIpc) is 2.61. The van der Waals surface area contributed by atoms with E-state index in [1.807, 2.05) is 0 Å². The van der Waals surface area contributed by atoms with Crippen molar-refractivity contribution in [1.29, 1.82) is 0 Å². The summed E-state index contributed by atoms with van der Waals surface area (Å²) in [5, 5.41) is 12.0. The molecule has 1 aliphatic heterocycles. The van der Waals surface area contributed by atoms with Gasteiger partial charge in [0.2, 0.25) is 0 Å². The average molecular weight is 258 g/mol. The Morgan fingerprint density at radius 2 is 1.94 bits per heavy atom. The SMILES string of the molecule is O=C(O)CC(=O)OC1COc2cscc2OC1. The van der Waals surface area contributed by atoms with E-state index in [0.717, 1.165) is 0 Å². The molecule has 1 aromatic rings. The summed E-state index contributed by atoms with van der Waals surface area (Å²) in [6.45, 7) is 0.324. The maximum atomic E-state index is 11.1. The molecule has 1 N–H and O–H groups in total. The lowest BCUT2D eigenvalue weighted by atomic mass is 10.4. The molecule has 0 radical (unpaired) electrons. The molecular weight excluding hydrogens is 248 g/mol. The fraction of sp³-hybridized carbons (Fsp3) is 0.400. The van der Waals surface area contributed by atoms with Crippen LogP contribution in [0, 0.1) is 0 Å². The third-order valence-electron chi connectivity index (χ3n) is 2.04. The minimum atomic E-state index is -1.22. The van der Waals surface area contributed by atoms with Gasteiger partial charge in [-0.25, -0.2) is 0 Å². The molecule has 17 heavy (non-hydrogen) atoms. The van der Waals surface area contributed by atoms with Gasteiger partial charge in [0.1, 0.15) is 19.6 Å². The van der Waals surface area contributed by atoms with Gasteiger partial charge in [-0.1, -0.05) is 0 Å². The maximum Gasteiger partial charge on any atom is 0.317 e. The zero-order valence-corrected chi connectivity index (χ0v) is 9.57. The van der Waals surface area contributed by atoms with Crippen molar-refractivity contribution in [3.63, 3.8) is 0 Å².